The van der Waals surface area contributed by atoms with E-state index in [9.17, 15) is 9.59 Å². The topological polar surface area (TPSA) is 60.9 Å². The first-order valence-corrected chi connectivity index (χ1v) is 5.63. The SMILES string of the molecule is CN(C)CC(=O)N1CCC(CC(=O)O)CC1. The van der Waals surface area contributed by atoms with Crippen LogP contribution in [0.2, 0.25) is 0 Å². The van der Waals surface area contributed by atoms with E-state index in [4.69, 9.17) is 5.11 Å². The van der Waals surface area contributed by atoms with Crippen molar-refractivity contribution in [2.75, 3.05) is 33.7 Å². The standard InChI is InChI=1S/C11H20N2O3/c1-12(2)8-10(14)13-5-3-9(4-6-13)7-11(15)16/h9H,3-8H2,1-2H3,(H,15,16). The molecule has 1 aliphatic heterocycles. The highest BCUT2D eigenvalue weighted by Gasteiger charge is 2.24. The van der Waals surface area contributed by atoms with E-state index in [2.05, 4.69) is 0 Å². The number of likely N-dealkylation sites (tertiary alicyclic amines) is 1. The summed E-state index contributed by atoms with van der Waals surface area (Å²) in [6.45, 7) is 1.83. The van der Waals surface area contributed by atoms with Crippen molar-refractivity contribution in [3.8, 4) is 0 Å². The molecule has 0 saturated carbocycles. The molecule has 0 bridgehead atoms. The molecule has 1 amide bonds. The zero-order valence-corrected chi connectivity index (χ0v) is 9.98. The molecule has 92 valence electrons. The minimum Gasteiger partial charge on any atom is -0.481 e. The Labute approximate surface area is 96.0 Å². The predicted molar refractivity (Wildman–Crippen MR) is 60.1 cm³/mol. The number of hydrogen-bond donors (Lipinski definition) is 1. The summed E-state index contributed by atoms with van der Waals surface area (Å²) in [5.41, 5.74) is 0. The Hall–Kier alpha value is -1.10. The van der Waals surface area contributed by atoms with Crippen LogP contribution in [0.5, 0.6) is 0 Å². The van der Waals surface area contributed by atoms with Crippen LogP contribution < -0.4 is 0 Å². The molecular weight excluding hydrogens is 208 g/mol. The molecule has 1 saturated heterocycles. The van der Waals surface area contributed by atoms with Crippen LogP contribution >= 0.6 is 0 Å². The van der Waals surface area contributed by atoms with Crippen LogP contribution in [0.1, 0.15) is 19.3 Å². The highest BCUT2D eigenvalue weighted by molar-refractivity contribution is 5.78. The van der Waals surface area contributed by atoms with Crippen LogP contribution in [-0.4, -0.2) is 60.5 Å². The highest BCUT2D eigenvalue weighted by Crippen LogP contribution is 2.20. The van der Waals surface area contributed by atoms with E-state index < -0.39 is 5.97 Å². The van der Waals surface area contributed by atoms with Gasteiger partial charge in [0.15, 0.2) is 0 Å². The van der Waals surface area contributed by atoms with Gasteiger partial charge in [-0.3, -0.25) is 9.59 Å². The molecule has 0 unspecified atom stereocenters. The van der Waals surface area contributed by atoms with Crippen molar-refractivity contribution in [1.29, 1.82) is 0 Å². The summed E-state index contributed by atoms with van der Waals surface area (Å²) < 4.78 is 0. The number of nitrogens with zero attached hydrogens (tertiary/aromatic N) is 2. The summed E-state index contributed by atoms with van der Waals surface area (Å²) in [4.78, 5) is 25.9. The van der Waals surface area contributed by atoms with Gasteiger partial charge >= 0.3 is 5.97 Å². The predicted octanol–water partition coefficient (Wildman–Crippen LogP) is 0.261. The highest BCUT2D eigenvalue weighted by atomic mass is 16.4. The largest absolute Gasteiger partial charge is 0.481 e. The number of carboxylic acids is 1. The van der Waals surface area contributed by atoms with E-state index >= 15 is 0 Å². The second-order valence-electron chi connectivity index (χ2n) is 4.66. The Morgan fingerprint density at radius 1 is 1.31 bits per heavy atom. The Morgan fingerprint density at radius 2 is 1.88 bits per heavy atom. The maximum absolute atomic E-state index is 11.7. The van der Waals surface area contributed by atoms with E-state index in [0.29, 0.717) is 19.6 Å². The van der Waals surface area contributed by atoms with Crippen molar-refractivity contribution in [3.05, 3.63) is 0 Å². The summed E-state index contributed by atoms with van der Waals surface area (Å²) in [5.74, 6) is -0.363. The lowest BCUT2D eigenvalue weighted by atomic mass is 9.93. The fraction of sp³-hybridized carbons (Fsp3) is 0.818. The van der Waals surface area contributed by atoms with Crippen LogP contribution in [-0.2, 0) is 9.59 Å². The van der Waals surface area contributed by atoms with Gasteiger partial charge in [-0.1, -0.05) is 0 Å². The molecule has 0 radical (unpaired) electrons. The summed E-state index contributed by atoms with van der Waals surface area (Å²) in [7, 11) is 3.74. The average Bonchev–Trinajstić information content (AvgIpc) is 2.16. The third-order valence-electron chi connectivity index (χ3n) is 2.88. The number of hydrogen-bond acceptors (Lipinski definition) is 3. The number of carboxylic acid groups (broad SMARTS) is 1. The van der Waals surface area contributed by atoms with Crippen molar-refractivity contribution in [3.63, 3.8) is 0 Å². The Morgan fingerprint density at radius 3 is 2.31 bits per heavy atom. The van der Waals surface area contributed by atoms with E-state index in [1.807, 2.05) is 23.9 Å². The second kappa shape index (κ2) is 5.84. The van der Waals surface area contributed by atoms with Gasteiger partial charge in [0, 0.05) is 19.5 Å². The Kier molecular flexibility index (Phi) is 4.73. The van der Waals surface area contributed by atoms with Gasteiger partial charge in [-0.05, 0) is 32.9 Å². The summed E-state index contributed by atoms with van der Waals surface area (Å²) in [6, 6.07) is 0. The van der Waals surface area contributed by atoms with Gasteiger partial charge in [-0.2, -0.15) is 0 Å². The minimum absolute atomic E-state index is 0.138. The number of rotatable bonds is 4. The molecule has 0 aromatic carbocycles. The zero-order valence-electron chi connectivity index (χ0n) is 9.98. The fourth-order valence-electron chi connectivity index (χ4n) is 2.00. The first-order valence-electron chi connectivity index (χ1n) is 5.63. The number of carbonyl (C=O) groups excluding carboxylic acids is 1. The summed E-state index contributed by atoms with van der Waals surface area (Å²) in [6.07, 6.45) is 1.85. The zero-order chi connectivity index (χ0) is 12.1. The lowest BCUT2D eigenvalue weighted by molar-refractivity contribution is -0.138. The molecule has 0 aromatic rings. The van der Waals surface area contributed by atoms with Crippen LogP contribution in [0.25, 0.3) is 0 Å². The average molecular weight is 228 g/mol. The van der Waals surface area contributed by atoms with E-state index in [-0.39, 0.29) is 18.2 Å². The van der Waals surface area contributed by atoms with E-state index in [1.54, 1.807) is 0 Å². The van der Waals surface area contributed by atoms with Gasteiger partial charge in [-0.25, -0.2) is 0 Å². The number of likely N-dealkylation sites (N-methyl/N-ethyl adjacent to an activating group) is 1. The molecule has 5 nitrogen and oxygen atoms in total. The fourth-order valence-corrected chi connectivity index (χ4v) is 2.00. The molecule has 1 fully saturated rings. The van der Waals surface area contributed by atoms with Crippen molar-refractivity contribution < 1.29 is 14.7 Å². The second-order valence-corrected chi connectivity index (χ2v) is 4.66. The molecular formula is C11H20N2O3. The molecule has 16 heavy (non-hydrogen) atoms. The minimum atomic E-state index is -0.738. The van der Waals surface area contributed by atoms with Gasteiger partial charge in [0.2, 0.25) is 5.91 Å². The molecule has 5 heteroatoms. The van der Waals surface area contributed by atoms with Gasteiger partial charge < -0.3 is 14.9 Å². The summed E-state index contributed by atoms with van der Waals surface area (Å²) >= 11 is 0. The lowest BCUT2D eigenvalue weighted by Crippen LogP contribution is -2.42. The molecule has 1 heterocycles. The molecule has 0 aliphatic carbocycles. The van der Waals surface area contributed by atoms with Gasteiger partial charge in [0.1, 0.15) is 0 Å². The van der Waals surface area contributed by atoms with Crippen molar-refractivity contribution >= 4 is 11.9 Å². The van der Waals surface area contributed by atoms with E-state index in [1.165, 1.54) is 0 Å². The quantitative estimate of drug-likeness (QED) is 0.750. The monoisotopic (exact) mass is 228 g/mol. The third-order valence-corrected chi connectivity index (χ3v) is 2.88. The van der Waals surface area contributed by atoms with Crippen LogP contribution in [0, 0.1) is 5.92 Å². The van der Waals surface area contributed by atoms with E-state index in [0.717, 1.165) is 12.8 Å². The smallest absolute Gasteiger partial charge is 0.303 e. The molecule has 1 aliphatic rings. The Balaban J connectivity index is 2.31. The third kappa shape index (κ3) is 4.18. The molecule has 0 aromatic heterocycles. The number of aliphatic carboxylic acids is 1. The maximum Gasteiger partial charge on any atom is 0.303 e. The maximum atomic E-state index is 11.7. The van der Waals surface area contributed by atoms with Gasteiger partial charge in [-0.15, -0.1) is 0 Å². The van der Waals surface area contributed by atoms with Crippen LogP contribution in [0.15, 0.2) is 0 Å². The van der Waals surface area contributed by atoms with Crippen LogP contribution in [0.3, 0.4) is 0 Å². The summed E-state index contributed by atoms with van der Waals surface area (Å²) in [5, 5.41) is 8.67. The van der Waals surface area contributed by atoms with Crippen molar-refractivity contribution in [2.45, 2.75) is 19.3 Å². The number of piperidine rings is 1. The molecule has 1 N–H and O–H groups in total. The van der Waals surface area contributed by atoms with Crippen molar-refractivity contribution in [1.82, 2.24) is 9.80 Å². The first kappa shape index (κ1) is 13.0. The van der Waals surface area contributed by atoms with Gasteiger partial charge in [0.25, 0.3) is 0 Å². The molecule has 0 spiro atoms. The Bertz CT molecular complexity index is 258. The first-order chi connectivity index (χ1) is 7.49. The molecule has 0 atom stereocenters. The molecule has 1 rings (SSSR count). The van der Waals surface area contributed by atoms with Gasteiger partial charge in [0.05, 0.1) is 6.54 Å². The van der Waals surface area contributed by atoms with Crippen molar-refractivity contribution in [2.24, 2.45) is 5.92 Å². The number of amides is 1. The normalized spacial score (nSPS) is 17.8. The number of carbonyl (C=O) groups is 2. The lowest BCUT2D eigenvalue weighted by Gasteiger charge is -2.32. The van der Waals surface area contributed by atoms with Crippen LogP contribution in [0.4, 0.5) is 0 Å².